The van der Waals surface area contributed by atoms with E-state index >= 15 is 0 Å². The van der Waals surface area contributed by atoms with Gasteiger partial charge in [0.25, 0.3) is 0 Å². The van der Waals surface area contributed by atoms with Crippen LogP contribution in [0.4, 0.5) is 5.69 Å². The highest BCUT2D eigenvalue weighted by Crippen LogP contribution is 2.23. The van der Waals surface area contributed by atoms with Crippen LogP contribution in [0, 0.1) is 0 Å². The fraction of sp³-hybridized carbons (Fsp3) is 0. The third-order valence-corrected chi connectivity index (χ3v) is 3.83. The zero-order valence-electron chi connectivity index (χ0n) is 10.7. The molecule has 1 heterocycles. The molecular formula is C17H13NOS. The predicted octanol–water partition coefficient (Wildman–Crippen LogP) is 4.55. The van der Waals surface area contributed by atoms with Crippen molar-refractivity contribution in [3.63, 3.8) is 0 Å². The Morgan fingerprint density at radius 1 is 1.00 bits per heavy atom. The number of rotatable bonds is 3. The number of nitrogens with one attached hydrogen (secondary N) is 1. The summed E-state index contributed by atoms with van der Waals surface area (Å²) in [5.74, 6) is -0.116. The summed E-state index contributed by atoms with van der Waals surface area (Å²) >= 11 is 1.61. The number of hydrogen-bond donors (Lipinski definition) is 1. The SMILES string of the molecule is O=C(/C=C/c1cccs1)Nc1cccc2ccccc12. The van der Waals surface area contributed by atoms with Gasteiger partial charge in [0.1, 0.15) is 0 Å². The van der Waals surface area contributed by atoms with Crippen LogP contribution in [0.3, 0.4) is 0 Å². The lowest BCUT2D eigenvalue weighted by Crippen LogP contribution is -2.07. The molecule has 0 spiro atoms. The highest BCUT2D eigenvalue weighted by molar-refractivity contribution is 7.10. The van der Waals surface area contributed by atoms with E-state index in [1.54, 1.807) is 17.4 Å². The lowest BCUT2D eigenvalue weighted by atomic mass is 10.1. The van der Waals surface area contributed by atoms with E-state index in [2.05, 4.69) is 5.32 Å². The quantitative estimate of drug-likeness (QED) is 0.700. The van der Waals surface area contributed by atoms with Crippen LogP contribution in [0.25, 0.3) is 16.8 Å². The summed E-state index contributed by atoms with van der Waals surface area (Å²) < 4.78 is 0. The molecule has 0 atom stereocenters. The van der Waals surface area contributed by atoms with Gasteiger partial charge >= 0.3 is 0 Å². The van der Waals surface area contributed by atoms with Crippen molar-refractivity contribution in [2.75, 3.05) is 5.32 Å². The molecular weight excluding hydrogens is 266 g/mol. The summed E-state index contributed by atoms with van der Waals surface area (Å²) in [5.41, 5.74) is 0.837. The normalized spacial score (nSPS) is 11.0. The molecule has 3 aromatic rings. The molecule has 20 heavy (non-hydrogen) atoms. The van der Waals surface area contributed by atoms with Gasteiger partial charge in [-0.1, -0.05) is 42.5 Å². The van der Waals surface area contributed by atoms with Gasteiger partial charge in [0.15, 0.2) is 0 Å². The zero-order valence-corrected chi connectivity index (χ0v) is 11.6. The molecule has 0 aliphatic heterocycles. The summed E-state index contributed by atoms with van der Waals surface area (Å²) in [4.78, 5) is 13.0. The van der Waals surface area contributed by atoms with Crippen molar-refractivity contribution in [2.45, 2.75) is 0 Å². The Morgan fingerprint density at radius 3 is 2.70 bits per heavy atom. The Labute approximate surface area is 121 Å². The lowest BCUT2D eigenvalue weighted by Gasteiger charge is -2.06. The molecule has 0 radical (unpaired) electrons. The largest absolute Gasteiger partial charge is 0.322 e. The molecule has 0 saturated heterocycles. The van der Waals surface area contributed by atoms with E-state index in [0.717, 1.165) is 21.3 Å². The summed E-state index contributed by atoms with van der Waals surface area (Å²) in [6, 6.07) is 17.8. The van der Waals surface area contributed by atoms with E-state index in [0.29, 0.717) is 0 Å². The number of carbonyl (C=O) groups is 1. The fourth-order valence-electron chi connectivity index (χ4n) is 2.05. The Morgan fingerprint density at radius 2 is 1.85 bits per heavy atom. The molecule has 2 aromatic carbocycles. The van der Waals surface area contributed by atoms with Crippen molar-refractivity contribution in [1.29, 1.82) is 0 Å². The van der Waals surface area contributed by atoms with Crippen LogP contribution in [0.15, 0.2) is 66.1 Å². The Hall–Kier alpha value is -2.39. The number of thiophene rings is 1. The third kappa shape index (κ3) is 2.78. The van der Waals surface area contributed by atoms with Crippen LogP contribution in [0.1, 0.15) is 4.88 Å². The third-order valence-electron chi connectivity index (χ3n) is 2.99. The number of fused-ring (bicyclic) bond motifs is 1. The van der Waals surface area contributed by atoms with Gasteiger partial charge < -0.3 is 5.32 Å². The number of benzene rings is 2. The molecule has 2 nitrogen and oxygen atoms in total. The number of hydrogen-bond acceptors (Lipinski definition) is 2. The summed E-state index contributed by atoms with van der Waals surface area (Å²) in [5, 5.41) is 7.08. The van der Waals surface area contributed by atoms with Crippen molar-refractivity contribution in [3.05, 3.63) is 70.9 Å². The van der Waals surface area contributed by atoms with Crippen molar-refractivity contribution >= 4 is 39.8 Å². The van der Waals surface area contributed by atoms with E-state index in [1.807, 2.05) is 66.1 Å². The van der Waals surface area contributed by atoms with Crippen molar-refractivity contribution in [1.82, 2.24) is 0 Å². The van der Waals surface area contributed by atoms with Crippen molar-refractivity contribution in [2.24, 2.45) is 0 Å². The Kier molecular flexibility index (Phi) is 3.61. The first-order valence-electron chi connectivity index (χ1n) is 6.33. The van der Waals surface area contributed by atoms with Gasteiger partial charge in [-0.25, -0.2) is 0 Å². The summed E-state index contributed by atoms with van der Waals surface area (Å²) in [6.45, 7) is 0. The first-order valence-corrected chi connectivity index (χ1v) is 7.21. The predicted molar refractivity (Wildman–Crippen MR) is 85.9 cm³/mol. The second-order valence-electron chi connectivity index (χ2n) is 4.36. The smallest absolute Gasteiger partial charge is 0.248 e. The maximum atomic E-state index is 12.0. The topological polar surface area (TPSA) is 29.1 Å². The molecule has 0 aliphatic carbocycles. The van der Waals surface area contributed by atoms with Crippen molar-refractivity contribution < 1.29 is 4.79 Å². The standard InChI is InChI=1S/C17H13NOS/c19-17(11-10-14-7-4-12-20-14)18-16-9-3-6-13-5-1-2-8-15(13)16/h1-12H,(H,18,19)/b11-10+. The number of amides is 1. The van der Waals surface area contributed by atoms with Gasteiger partial charge in [0, 0.05) is 22.0 Å². The minimum absolute atomic E-state index is 0.116. The van der Waals surface area contributed by atoms with Gasteiger partial charge in [-0.3, -0.25) is 4.79 Å². The van der Waals surface area contributed by atoms with Crippen molar-refractivity contribution in [3.8, 4) is 0 Å². The summed E-state index contributed by atoms with van der Waals surface area (Å²) in [7, 11) is 0. The lowest BCUT2D eigenvalue weighted by molar-refractivity contribution is -0.111. The average molecular weight is 279 g/mol. The van der Waals surface area contributed by atoms with Gasteiger partial charge in [0.2, 0.25) is 5.91 Å². The van der Waals surface area contributed by atoms with Gasteiger partial charge in [-0.05, 0) is 29.0 Å². The van der Waals surface area contributed by atoms with E-state index < -0.39 is 0 Å². The molecule has 0 aliphatic rings. The minimum Gasteiger partial charge on any atom is -0.322 e. The molecule has 1 aromatic heterocycles. The zero-order chi connectivity index (χ0) is 13.8. The average Bonchev–Trinajstić information content (AvgIpc) is 2.99. The molecule has 1 amide bonds. The first-order chi connectivity index (χ1) is 9.83. The molecule has 0 fully saturated rings. The van der Waals surface area contributed by atoms with E-state index in [1.165, 1.54) is 0 Å². The van der Waals surface area contributed by atoms with E-state index in [9.17, 15) is 4.79 Å². The molecule has 0 bridgehead atoms. The number of carbonyl (C=O) groups excluding carboxylic acids is 1. The second-order valence-corrected chi connectivity index (χ2v) is 5.34. The van der Waals surface area contributed by atoms with Crippen LogP contribution in [-0.2, 0) is 4.79 Å². The maximum absolute atomic E-state index is 12.0. The Balaban J connectivity index is 1.81. The second kappa shape index (κ2) is 5.72. The van der Waals surface area contributed by atoms with E-state index in [4.69, 9.17) is 0 Å². The van der Waals surface area contributed by atoms with Gasteiger partial charge in [0.05, 0.1) is 0 Å². The fourth-order valence-corrected chi connectivity index (χ4v) is 2.67. The van der Waals surface area contributed by atoms with Crippen LogP contribution in [-0.4, -0.2) is 5.91 Å². The van der Waals surface area contributed by atoms with Gasteiger partial charge in [-0.15, -0.1) is 11.3 Å². The van der Waals surface area contributed by atoms with Gasteiger partial charge in [-0.2, -0.15) is 0 Å². The van der Waals surface area contributed by atoms with Crippen LogP contribution in [0.5, 0.6) is 0 Å². The molecule has 0 saturated carbocycles. The summed E-state index contributed by atoms with van der Waals surface area (Å²) in [6.07, 6.45) is 3.39. The molecule has 1 N–H and O–H groups in total. The van der Waals surface area contributed by atoms with Crippen LogP contribution >= 0.6 is 11.3 Å². The highest BCUT2D eigenvalue weighted by Gasteiger charge is 2.02. The molecule has 3 rings (SSSR count). The monoisotopic (exact) mass is 279 g/mol. The molecule has 98 valence electrons. The first kappa shape index (κ1) is 12.6. The minimum atomic E-state index is -0.116. The van der Waals surface area contributed by atoms with Crippen LogP contribution < -0.4 is 5.32 Å². The molecule has 0 unspecified atom stereocenters. The highest BCUT2D eigenvalue weighted by atomic mass is 32.1. The van der Waals surface area contributed by atoms with E-state index in [-0.39, 0.29) is 5.91 Å². The maximum Gasteiger partial charge on any atom is 0.248 e. The number of anilines is 1. The Bertz CT molecular complexity index is 754. The molecule has 3 heteroatoms. The van der Waals surface area contributed by atoms with Crippen LogP contribution in [0.2, 0.25) is 0 Å².